The quantitative estimate of drug-likeness (QED) is 0.680. The average Bonchev–Trinajstić information content (AvgIpc) is 3.17. The maximum absolute atomic E-state index is 13.4. The maximum atomic E-state index is 13.4. The molecule has 1 heterocycles. The van der Waals surface area contributed by atoms with Crippen molar-refractivity contribution in [1.82, 2.24) is 9.88 Å². The van der Waals surface area contributed by atoms with Gasteiger partial charge in [-0.15, -0.1) is 17.8 Å². The third-order valence-electron chi connectivity index (χ3n) is 7.75. The van der Waals surface area contributed by atoms with Crippen molar-refractivity contribution in [3.05, 3.63) is 40.7 Å². The molecule has 0 radical (unpaired) electrons. The minimum atomic E-state index is -0.578. The summed E-state index contributed by atoms with van der Waals surface area (Å²) in [6.07, 6.45) is 7.45. The predicted molar refractivity (Wildman–Crippen MR) is 126 cm³/mol. The van der Waals surface area contributed by atoms with Gasteiger partial charge in [0.05, 0.1) is 18.3 Å². The highest BCUT2D eigenvalue weighted by atomic mass is 32.1. The summed E-state index contributed by atoms with van der Waals surface area (Å²) in [7, 11) is 1.72. The SMILES string of the molecule is C#CCN(C)C(=O)[C@@H](C)C1CC[C@@]2(C)Cc3sc(-c4ccc(F)cc4)nc3[C@@H](C)[C@@H]2[C@H]1O. The summed E-state index contributed by atoms with van der Waals surface area (Å²) in [4.78, 5) is 20.6. The van der Waals surface area contributed by atoms with E-state index in [1.54, 1.807) is 35.4 Å². The second-order valence-electron chi connectivity index (χ2n) is 9.86. The Balaban J connectivity index is 1.61. The van der Waals surface area contributed by atoms with Gasteiger partial charge in [-0.2, -0.15) is 0 Å². The summed E-state index contributed by atoms with van der Waals surface area (Å²) < 4.78 is 13.4. The van der Waals surface area contributed by atoms with Gasteiger partial charge >= 0.3 is 0 Å². The van der Waals surface area contributed by atoms with E-state index in [0.717, 1.165) is 35.5 Å². The van der Waals surface area contributed by atoms with Crippen LogP contribution >= 0.6 is 11.3 Å². The van der Waals surface area contributed by atoms with Crippen molar-refractivity contribution < 1.29 is 14.3 Å². The van der Waals surface area contributed by atoms with Crippen LogP contribution in [0.5, 0.6) is 0 Å². The zero-order valence-electron chi connectivity index (χ0n) is 19.1. The molecule has 6 heteroatoms. The minimum Gasteiger partial charge on any atom is -0.392 e. The van der Waals surface area contributed by atoms with Crippen LogP contribution in [0.25, 0.3) is 10.6 Å². The molecule has 2 aliphatic carbocycles. The molecule has 1 fully saturated rings. The first-order valence-corrected chi connectivity index (χ1v) is 12.1. The Morgan fingerprint density at radius 3 is 2.78 bits per heavy atom. The van der Waals surface area contributed by atoms with Crippen molar-refractivity contribution in [1.29, 1.82) is 0 Å². The standard InChI is InChI=1S/C26H31FN2O2S/c1-6-13-29(5)25(31)15(2)19-11-12-26(4)14-20-22(16(3)21(26)23(19)30)28-24(32-20)17-7-9-18(27)10-8-17/h1,7-10,15-16,19,21,23,30H,11-14H2,2-5H3/t15-,16-,19?,21+,23-,26-/m0/s1. The van der Waals surface area contributed by atoms with Gasteiger partial charge in [0.1, 0.15) is 10.8 Å². The molecule has 4 rings (SSSR count). The van der Waals surface area contributed by atoms with Gasteiger partial charge < -0.3 is 10.0 Å². The van der Waals surface area contributed by atoms with Gasteiger partial charge in [0, 0.05) is 29.3 Å². The number of nitrogens with zero attached hydrogens (tertiary/aromatic N) is 2. The Kier molecular flexibility index (Phi) is 6.17. The van der Waals surface area contributed by atoms with Gasteiger partial charge in [-0.1, -0.05) is 26.7 Å². The number of rotatable bonds is 4. The molecule has 1 aromatic heterocycles. The van der Waals surface area contributed by atoms with Gasteiger partial charge in [-0.25, -0.2) is 9.37 Å². The average molecular weight is 455 g/mol. The highest BCUT2D eigenvalue weighted by Gasteiger charge is 2.54. The Morgan fingerprint density at radius 2 is 2.12 bits per heavy atom. The number of terminal acetylenes is 1. The number of aliphatic hydroxyl groups is 1. The molecule has 1 N–H and O–H groups in total. The highest BCUT2D eigenvalue weighted by Crippen LogP contribution is 2.57. The fourth-order valence-corrected chi connectivity index (χ4v) is 7.38. The Bertz CT molecular complexity index is 1040. The van der Waals surface area contributed by atoms with E-state index in [0.29, 0.717) is 0 Å². The van der Waals surface area contributed by atoms with Crippen molar-refractivity contribution >= 4 is 17.2 Å². The van der Waals surface area contributed by atoms with Crippen molar-refractivity contribution in [3.8, 4) is 22.9 Å². The molecule has 32 heavy (non-hydrogen) atoms. The van der Waals surface area contributed by atoms with Crippen LogP contribution in [0.1, 0.15) is 50.1 Å². The van der Waals surface area contributed by atoms with Crippen LogP contribution in [-0.4, -0.2) is 40.6 Å². The highest BCUT2D eigenvalue weighted by molar-refractivity contribution is 7.15. The zero-order valence-corrected chi connectivity index (χ0v) is 20.0. The molecule has 2 aromatic rings. The minimum absolute atomic E-state index is 0.00740. The lowest BCUT2D eigenvalue weighted by Crippen LogP contribution is -2.53. The number of fused-ring (bicyclic) bond motifs is 2. The lowest BCUT2D eigenvalue weighted by Gasteiger charge is -2.53. The van der Waals surface area contributed by atoms with Gasteiger partial charge in [-0.05, 0) is 60.8 Å². The van der Waals surface area contributed by atoms with Crippen molar-refractivity contribution in [2.45, 2.75) is 52.1 Å². The van der Waals surface area contributed by atoms with Gasteiger partial charge in [0.15, 0.2) is 0 Å². The molecule has 1 aromatic carbocycles. The lowest BCUT2D eigenvalue weighted by atomic mass is 9.53. The van der Waals surface area contributed by atoms with E-state index < -0.39 is 6.10 Å². The maximum Gasteiger partial charge on any atom is 0.226 e. The molecule has 1 unspecified atom stereocenters. The van der Waals surface area contributed by atoms with E-state index in [-0.39, 0.29) is 47.4 Å². The summed E-state index contributed by atoms with van der Waals surface area (Å²) in [5.74, 6) is 1.99. The molecule has 4 nitrogen and oxygen atoms in total. The van der Waals surface area contributed by atoms with E-state index in [9.17, 15) is 14.3 Å². The lowest BCUT2D eigenvalue weighted by molar-refractivity contribution is -0.142. The third-order valence-corrected chi connectivity index (χ3v) is 8.87. The van der Waals surface area contributed by atoms with Crippen molar-refractivity contribution in [2.24, 2.45) is 23.2 Å². The number of benzene rings is 1. The predicted octanol–water partition coefficient (Wildman–Crippen LogP) is 4.73. The monoisotopic (exact) mass is 454 g/mol. The van der Waals surface area contributed by atoms with Crippen LogP contribution in [0, 0.1) is 41.3 Å². The Hall–Kier alpha value is -2.23. The van der Waals surface area contributed by atoms with E-state index >= 15 is 0 Å². The molecule has 170 valence electrons. The van der Waals surface area contributed by atoms with Gasteiger partial charge in [0.2, 0.25) is 5.91 Å². The fourth-order valence-electron chi connectivity index (χ4n) is 6.01. The molecule has 1 saturated carbocycles. The Labute approximate surface area is 193 Å². The van der Waals surface area contributed by atoms with Gasteiger partial charge in [-0.3, -0.25) is 4.79 Å². The second-order valence-corrected chi connectivity index (χ2v) is 10.9. The molecule has 6 atom stereocenters. The van der Waals surface area contributed by atoms with Crippen LogP contribution in [0.15, 0.2) is 24.3 Å². The number of hydrogen-bond acceptors (Lipinski definition) is 4. The summed E-state index contributed by atoms with van der Waals surface area (Å²) >= 11 is 1.68. The largest absolute Gasteiger partial charge is 0.392 e. The normalized spacial score (nSPS) is 30.0. The van der Waals surface area contributed by atoms with E-state index in [1.807, 2.05) is 6.92 Å². The first kappa shape index (κ1) is 22.9. The molecular weight excluding hydrogens is 423 g/mol. The smallest absolute Gasteiger partial charge is 0.226 e. The van der Waals surface area contributed by atoms with Crippen LogP contribution in [-0.2, 0) is 11.2 Å². The molecule has 0 saturated heterocycles. The topological polar surface area (TPSA) is 53.4 Å². The first-order valence-electron chi connectivity index (χ1n) is 11.3. The number of aliphatic hydroxyl groups excluding tert-OH is 1. The number of hydrogen-bond donors (Lipinski definition) is 1. The second kappa shape index (κ2) is 8.61. The summed E-state index contributed by atoms with van der Waals surface area (Å²) in [5, 5.41) is 12.4. The molecule has 0 spiro atoms. The molecule has 0 bridgehead atoms. The summed E-state index contributed by atoms with van der Waals surface area (Å²) in [6, 6.07) is 6.46. The van der Waals surface area contributed by atoms with Crippen LogP contribution in [0.4, 0.5) is 4.39 Å². The summed E-state index contributed by atoms with van der Waals surface area (Å²) in [5.41, 5.74) is 1.92. The van der Waals surface area contributed by atoms with Crippen molar-refractivity contribution in [3.63, 3.8) is 0 Å². The first-order chi connectivity index (χ1) is 15.2. The summed E-state index contributed by atoms with van der Waals surface area (Å²) in [6.45, 7) is 6.61. The van der Waals surface area contributed by atoms with E-state index in [2.05, 4.69) is 19.8 Å². The number of thiazole rings is 1. The molecule has 2 aliphatic rings. The molecule has 0 aliphatic heterocycles. The number of aromatic nitrogens is 1. The zero-order chi connectivity index (χ0) is 23.2. The molecule has 1 amide bonds. The number of halogens is 1. The van der Waals surface area contributed by atoms with Gasteiger partial charge in [0.25, 0.3) is 0 Å². The number of carbonyl (C=O) groups excluding carboxylic acids is 1. The van der Waals surface area contributed by atoms with Crippen LogP contribution in [0.3, 0.4) is 0 Å². The van der Waals surface area contributed by atoms with E-state index in [4.69, 9.17) is 11.4 Å². The Morgan fingerprint density at radius 1 is 1.44 bits per heavy atom. The third kappa shape index (κ3) is 3.86. The number of carbonyl (C=O) groups is 1. The number of amides is 1. The fraction of sp³-hybridized carbons (Fsp3) is 0.538. The van der Waals surface area contributed by atoms with Crippen molar-refractivity contribution in [2.75, 3.05) is 13.6 Å². The van der Waals surface area contributed by atoms with Crippen LogP contribution in [0.2, 0.25) is 0 Å². The molecular formula is C26H31FN2O2S. The van der Waals surface area contributed by atoms with E-state index in [1.165, 1.54) is 17.0 Å². The van der Waals surface area contributed by atoms with Crippen LogP contribution < -0.4 is 0 Å².